The van der Waals surface area contributed by atoms with E-state index < -0.39 is 0 Å². The molecule has 1 aliphatic carbocycles. The Morgan fingerprint density at radius 1 is 1.15 bits per heavy atom. The van der Waals surface area contributed by atoms with E-state index in [4.69, 9.17) is 15.2 Å². The molecule has 27 heavy (non-hydrogen) atoms. The molecule has 3 N–H and O–H groups in total. The Kier molecular flexibility index (Phi) is 3.47. The van der Waals surface area contributed by atoms with Crippen molar-refractivity contribution < 1.29 is 9.47 Å². The Labute approximate surface area is 157 Å². The van der Waals surface area contributed by atoms with Crippen LogP contribution in [0.2, 0.25) is 0 Å². The highest BCUT2D eigenvalue weighted by atomic mass is 16.5. The number of rotatable bonds is 4. The van der Waals surface area contributed by atoms with E-state index in [1.807, 2.05) is 24.3 Å². The van der Waals surface area contributed by atoms with E-state index in [0.717, 1.165) is 47.9 Å². The molecule has 0 atom stereocenters. The average molecular weight is 360 g/mol. The highest BCUT2D eigenvalue weighted by Crippen LogP contribution is 2.59. The number of fused-ring (bicyclic) bond motifs is 2. The van der Waals surface area contributed by atoms with Gasteiger partial charge in [-0.15, -0.1) is 0 Å². The van der Waals surface area contributed by atoms with Gasteiger partial charge in [0.15, 0.2) is 0 Å². The minimum absolute atomic E-state index is 0.149. The minimum atomic E-state index is 0.149. The molecule has 0 bridgehead atoms. The van der Waals surface area contributed by atoms with Crippen LogP contribution < -0.4 is 20.5 Å². The van der Waals surface area contributed by atoms with Gasteiger partial charge in [-0.2, -0.15) is 0 Å². The fourth-order valence-corrected chi connectivity index (χ4v) is 3.56. The van der Waals surface area contributed by atoms with Gasteiger partial charge in [0, 0.05) is 23.2 Å². The van der Waals surface area contributed by atoms with Crippen LogP contribution in [0, 0.1) is 6.92 Å². The maximum absolute atomic E-state index is 6.12. The van der Waals surface area contributed by atoms with E-state index in [2.05, 4.69) is 22.2 Å². The van der Waals surface area contributed by atoms with Gasteiger partial charge in [0.05, 0.1) is 36.1 Å². The average Bonchev–Trinajstić information content (AvgIpc) is 3.35. The first-order valence-electron chi connectivity index (χ1n) is 9.02. The van der Waals surface area contributed by atoms with Crippen LogP contribution in [0.25, 0.3) is 0 Å². The van der Waals surface area contributed by atoms with Gasteiger partial charge in [-0.3, -0.25) is 4.98 Å². The third-order valence-corrected chi connectivity index (χ3v) is 5.28. The summed E-state index contributed by atoms with van der Waals surface area (Å²) in [6.45, 7) is 2.83. The number of aryl methyl sites for hydroxylation is 1. The lowest BCUT2D eigenvalue weighted by Gasteiger charge is -2.14. The molecular formula is C21H20N4O2. The Morgan fingerprint density at radius 3 is 2.78 bits per heavy atom. The van der Waals surface area contributed by atoms with E-state index in [0.29, 0.717) is 11.6 Å². The van der Waals surface area contributed by atoms with E-state index in [1.165, 1.54) is 5.56 Å². The zero-order valence-corrected chi connectivity index (χ0v) is 15.0. The van der Waals surface area contributed by atoms with Crippen LogP contribution in [0.3, 0.4) is 0 Å². The molecule has 3 heterocycles. The summed E-state index contributed by atoms with van der Waals surface area (Å²) in [5, 5.41) is 3.21. The smallest absolute Gasteiger partial charge is 0.219 e. The lowest BCUT2D eigenvalue weighted by molar-refractivity contribution is 0.322. The summed E-state index contributed by atoms with van der Waals surface area (Å²) >= 11 is 0. The number of nitrogen functional groups attached to an aromatic ring is 1. The van der Waals surface area contributed by atoms with Gasteiger partial charge in [0.25, 0.3) is 0 Å². The van der Waals surface area contributed by atoms with Crippen molar-refractivity contribution >= 4 is 17.1 Å². The molecule has 0 amide bonds. The van der Waals surface area contributed by atoms with Crippen molar-refractivity contribution in [2.75, 3.05) is 17.7 Å². The van der Waals surface area contributed by atoms with Crippen molar-refractivity contribution in [2.24, 2.45) is 0 Å². The van der Waals surface area contributed by atoms with Crippen molar-refractivity contribution in [1.82, 2.24) is 9.97 Å². The lowest BCUT2D eigenvalue weighted by Crippen LogP contribution is -2.08. The Hall–Kier alpha value is -3.28. The number of hydrogen-bond acceptors (Lipinski definition) is 6. The number of benzene rings is 1. The zero-order valence-electron chi connectivity index (χ0n) is 15.0. The van der Waals surface area contributed by atoms with Gasteiger partial charge in [-0.05, 0) is 43.5 Å². The fraction of sp³-hybridized carbons (Fsp3) is 0.238. The summed E-state index contributed by atoms with van der Waals surface area (Å²) in [6, 6.07) is 9.56. The Morgan fingerprint density at radius 2 is 2.04 bits per heavy atom. The van der Waals surface area contributed by atoms with Gasteiger partial charge < -0.3 is 20.5 Å². The molecular weight excluding hydrogens is 340 g/mol. The molecule has 3 aromatic rings. The SMILES string of the molecule is Cc1ccc(Oc2ccc(Nc3cnccc3N)cn2)c2c1OCC21CC1. The third kappa shape index (κ3) is 2.73. The zero-order chi connectivity index (χ0) is 18.4. The Balaban J connectivity index is 1.39. The van der Waals surface area contributed by atoms with E-state index in [-0.39, 0.29) is 5.41 Å². The number of anilines is 3. The molecule has 6 nitrogen and oxygen atoms in total. The van der Waals surface area contributed by atoms with Gasteiger partial charge in [0.2, 0.25) is 5.88 Å². The van der Waals surface area contributed by atoms with Crippen molar-refractivity contribution in [1.29, 1.82) is 0 Å². The van der Waals surface area contributed by atoms with Gasteiger partial charge in [-0.1, -0.05) is 6.07 Å². The molecule has 136 valence electrons. The van der Waals surface area contributed by atoms with Crippen molar-refractivity contribution in [3.8, 4) is 17.4 Å². The van der Waals surface area contributed by atoms with Crippen LogP contribution >= 0.6 is 0 Å². The van der Waals surface area contributed by atoms with Crippen molar-refractivity contribution in [3.05, 3.63) is 60.0 Å². The molecule has 0 saturated heterocycles. The minimum Gasteiger partial charge on any atom is -0.492 e. The maximum atomic E-state index is 6.12. The number of ether oxygens (including phenoxy) is 2. The molecule has 1 aromatic carbocycles. The molecule has 1 fully saturated rings. The van der Waals surface area contributed by atoms with E-state index in [9.17, 15) is 0 Å². The van der Waals surface area contributed by atoms with E-state index >= 15 is 0 Å². The first-order valence-corrected chi connectivity index (χ1v) is 9.02. The van der Waals surface area contributed by atoms with Crippen molar-refractivity contribution in [2.45, 2.75) is 25.2 Å². The summed E-state index contributed by atoms with van der Waals surface area (Å²) in [6.07, 6.45) is 7.38. The van der Waals surface area contributed by atoms with Crippen LogP contribution in [-0.2, 0) is 5.41 Å². The maximum Gasteiger partial charge on any atom is 0.219 e. The Bertz CT molecular complexity index is 1010. The molecule has 0 radical (unpaired) electrons. The van der Waals surface area contributed by atoms with Crippen LogP contribution in [-0.4, -0.2) is 16.6 Å². The molecule has 1 aliphatic heterocycles. The van der Waals surface area contributed by atoms with Crippen molar-refractivity contribution in [3.63, 3.8) is 0 Å². The lowest BCUT2D eigenvalue weighted by atomic mass is 9.95. The standard InChI is InChI=1S/C21H20N4O2/c1-13-2-4-17(19-20(13)26-12-21(19)7-8-21)27-18-5-3-14(10-24-18)25-16-11-23-9-6-15(16)22/h2-6,9-11,25H,7-8,12H2,1H3,(H2,22,23). The topological polar surface area (TPSA) is 82.3 Å². The summed E-state index contributed by atoms with van der Waals surface area (Å²) < 4.78 is 12.1. The quantitative estimate of drug-likeness (QED) is 0.721. The van der Waals surface area contributed by atoms with E-state index in [1.54, 1.807) is 24.7 Å². The second-order valence-electron chi connectivity index (χ2n) is 7.23. The van der Waals surface area contributed by atoms with Gasteiger partial charge >= 0.3 is 0 Å². The van der Waals surface area contributed by atoms with Gasteiger partial charge in [0.1, 0.15) is 11.5 Å². The predicted molar refractivity (Wildman–Crippen MR) is 104 cm³/mol. The molecule has 5 rings (SSSR count). The molecule has 1 spiro atoms. The number of hydrogen-bond donors (Lipinski definition) is 2. The number of nitrogens with one attached hydrogen (secondary N) is 1. The summed E-state index contributed by atoms with van der Waals surface area (Å²) in [4.78, 5) is 8.50. The van der Waals surface area contributed by atoms with Crippen LogP contribution in [0.1, 0.15) is 24.0 Å². The summed E-state index contributed by atoms with van der Waals surface area (Å²) in [5.74, 6) is 2.37. The second kappa shape index (κ2) is 5.87. The van der Waals surface area contributed by atoms with Crippen LogP contribution in [0.15, 0.2) is 48.9 Å². The number of aromatic nitrogens is 2. The first kappa shape index (κ1) is 15.9. The highest BCUT2D eigenvalue weighted by molar-refractivity contribution is 5.71. The predicted octanol–water partition coefficient (Wildman–Crippen LogP) is 4.33. The number of nitrogens with zero attached hydrogens (tertiary/aromatic N) is 2. The summed E-state index contributed by atoms with van der Waals surface area (Å²) in [5.41, 5.74) is 10.6. The molecule has 1 saturated carbocycles. The summed E-state index contributed by atoms with van der Waals surface area (Å²) in [7, 11) is 0. The molecule has 2 aliphatic rings. The van der Waals surface area contributed by atoms with Crippen LogP contribution in [0.4, 0.5) is 17.1 Å². The highest BCUT2D eigenvalue weighted by Gasteiger charge is 2.53. The van der Waals surface area contributed by atoms with Crippen LogP contribution in [0.5, 0.6) is 17.4 Å². The first-order chi connectivity index (χ1) is 13.1. The normalized spacial score (nSPS) is 15.9. The largest absolute Gasteiger partial charge is 0.492 e. The monoisotopic (exact) mass is 360 g/mol. The number of nitrogens with two attached hydrogens (primary N) is 1. The molecule has 2 aromatic heterocycles. The third-order valence-electron chi connectivity index (χ3n) is 5.28. The molecule has 0 unspecified atom stereocenters. The fourth-order valence-electron chi connectivity index (χ4n) is 3.56. The second-order valence-corrected chi connectivity index (χ2v) is 7.23. The molecule has 6 heteroatoms. The number of pyridine rings is 2. The van der Waals surface area contributed by atoms with Gasteiger partial charge in [-0.25, -0.2) is 4.98 Å².